The van der Waals surface area contributed by atoms with Crippen molar-refractivity contribution in [2.24, 2.45) is 17.6 Å². The van der Waals surface area contributed by atoms with Gasteiger partial charge in [0.15, 0.2) is 11.5 Å². The van der Waals surface area contributed by atoms with Gasteiger partial charge in [-0.2, -0.15) is 0 Å². The molecule has 3 unspecified atom stereocenters. The maximum Gasteiger partial charge on any atom is 0.157 e. The summed E-state index contributed by atoms with van der Waals surface area (Å²) in [5.74, 6) is 1.31. The number of phenols is 2. The van der Waals surface area contributed by atoms with Crippen molar-refractivity contribution in [3.63, 3.8) is 0 Å². The maximum absolute atomic E-state index is 9.72. The zero-order valence-corrected chi connectivity index (χ0v) is 16.0. The van der Waals surface area contributed by atoms with Crippen LogP contribution in [0.1, 0.15) is 50.5 Å². The van der Waals surface area contributed by atoms with Crippen molar-refractivity contribution in [3.8, 4) is 11.5 Å². The quantitative estimate of drug-likeness (QED) is 0.344. The van der Waals surface area contributed by atoms with Gasteiger partial charge in [-0.15, -0.1) is 0 Å². The van der Waals surface area contributed by atoms with Crippen LogP contribution in [-0.2, 0) is 6.42 Å². The highest BCUT2D eigenvalue weighted by Crippen LogP contribution is 2.38. The lowest BCUT2D eigenvalue weighted by Gasteiger charge is -2.45. The lowest BCUT2D eigenvalue weighted by Crippen LogP contribution is -2.54. The van der Waals surface area contributed by atoms with Crippen LogP contribution in [0.4, 0.5) is 0 Å². The second-order valence-corrected chi connectivity index (χ2v) is 8.45. The third-order valence-electron chi connectivity index (χ3n) is 6.47. The van der Waals surface area contributed by atoms with Crippen LogP contribution < -0.4 is 16.4 Å². The van der Waals surface area contributed by atoms with E-state index in [1.807, 2.05) is 6.07 Å². The number of hydrogen-bond donors (Lipinski definition) is 5. The van der Waals surface area contributed by atoms with Gasteiger partial charge in [0.2, 0.25) is 0 Å². The predicted octanol–water partition coefficient (Wildman–Crippen LogP) is 2.51. The van der Waals surface area contributed by atoms with Gasteiger partial charge < -0.3 is 26.6 Å². The Morgan fingerprint density at radius 2 is 2.00 bits per heavy atom. The molecule has 146 valence electrons. The van der Waals surface area contributed by atoms with Crippen LogP contribution in [0.15, 0.2) is 18.2 Å². The summed E-state index contributed by atoms with van der Waals surface area (Å²) in [6.45, 7) is 2.21. The van der Waals surface area contributed by atoms with Crippen molar-refractivity contribution < 1.29 is 10.2 Å². The normalized spacial score (nSPS) is 29.0. The number of rotatable bonds is 9. The Labute approximate surface area is 157 Å². The van der Waals surface area contributed by atoms with Crippen molar-refractivity contribution in [2.75, 3.05) is 20.1 Å². The number of aromatic hydroxyl groups is 2. The van der Waals surface area contributed by atoms with Gasteiger partial charge in [-0.3, -0.25) is 0 Å². The Hall–Kier alpha value is -1.30. The van der Waals surface area contributed by atoms with Crippen molar-refractivity contribution in [1.82, 2.24) is 10.6 Å². The van der Waals surface area contributed by atoms with Gasteiger partial charge in [0, 0.05) is 11.6 Å². The molecule has 0 spiro atoms. The number of hydrogen-bond acceptors (Lipinski definition) is 5. The molecule has 5 nitrogen and oxygen atoms in total. The molecule has 1 aromatic rings. The molecule has 1 aromatic carbocycles. The zero-order chi connectivity index (χ0) is 18.6. The van der Waals surface area contributed by atoms with E-state index in [0.29, 0.717) is 12.0 Å². The summed E-state index contributed by atoms with van der Waals surface area (Å²) in [7, 11) is 2.05. The molecule has 3 rings (SSSR count). The average molecular weight is 362 g/mol. The van der Waals surface area contributed by atoms with Crippen LogP contribution in [0.5, 0.6) is 11.5 Å². The first-order chi connectivity index (χ1) is 12.5. The fourth-order valence-corrected chi connectivity index (χ4v) is 4.35. The summed E-state index contributed by atoms with van der Waals surface area (Å²) < 4.78 is 0. The molecule has 0 aromatic heterocycles. The molecule has 2 aliphatic rings. The molecule has 6 N–H and O–H groups in total. The number of phenolic OH excluding ortho intramolecular Hbond substituents is 2. The maximum atomic E-state index is 9.72. The number of nitrogens with two attached hydrogens (primary N) is 1. The van der Waals surface area contributed by atoms with E-state index in [0.717, 1.165) is 63.1 Å². The smallest absolute Gasteiger partial charge is 0.157 e. The van der Waals surface area contributed by atoms with Crippen molar-refractivity contribution in [3.05, 3.63) is 23.8 Å². The van der Waals surface area contributed by atoms with Crippen molar-refractivity contribution >= 4 is 0 Å². The number of nitrogens with one attached hydrogen (secondary N) is 2. The lowest BCUT2D eigenvalue weighted by atomic mass is 9.67. The summed E-state index contributed by atoms with van der Waals surface area (Å²) in [6, 6.07) is 5.66. The van der Waals surface area contributed by atoms with Crippen LogP contribution in [-0.4, -0.2) is 41.9 Å². The summed E-state index contributed by atoms with van der Waals surface area (Å²) in [6.07, 6.45) is 8.95. The molecule has 0 heterocycles. The largest absolute Gasteiger partial charge is 0.504 e. The van der Waals surface area contributed by atoms with Crippen LogP contribution in [0, 0.1) is 11.8 Å². The summed E-state index contributed by atoms with van der Waals surface area (Å²) in [4.78, 5) is 0. The van der Waals surface area contributed by atoms with Gasteiger partial charge in [-0.1, -0.05) is 6.07 Å². The van der Waals surface area contributed by atoms with Gasteiger partial charge in [-0.25, -0.2) is 0 Å². The summed E-state index contributed by atoms with van der Waals surface area (Å²) in [5, 5.41) is 26.3. The minimum atomic E-state index is -0.151. The van der Waals surface area contributed by atoms with Crippen LogP contribution in [0.2, 0.25) is 0 Å². The molecular weight excluding hydrogens is 326 g/mol. The Bertz CT molecular complexity index is 591. The fourth-order valence-electron chi connectivity index (χ4n) is 4.35. The first-order valence-corrected chi connectivity index (χ1v) is 10.2. The summed E-state index contributed by atoms with van der Waals surface area (Å²) in [5.41, 5.74) is 7.81. The van der Waals surface area contributed by atoms with Crippen LogP contribution in [0.3, 0.4) is 0 Å². The van der Waals surface area contributed by atoms with E-state index < -0.39 is 0 Å². The minimum Gasteiger partial charge on any atom is -0.504 e. The van der Waals surface area contributed by atoms with E-state index in [2.05, 4.69) is 17.7 Å². The summed E-state index contributed by atoms with van der Waals surface area (Å²) >= 11 is 0. The molecule has 26 heavy (non-hydrogen) atoms. The van der Waals surface area contributed by atoms with Crippen molar-refractivity contribution in [2.45, 2.75) is 62.9 Å². The van der Waals surface area contributed by atoms with E-state index in [4.69, 9.17) is 5.73 Å². The molecule has 0 saturated heterocycles. The first kappa shape index (κ1) is 19.5. The van der Waals surface area contributed by atoms with E-state index >= 15 is 0 Å². The van der Waals surface area contributed by atoms with Gasteiger partial charge in [-0.05, 0) is 101 Å². The van der Waals surface area contributed by atoms with E-state index in [-0.39, 0.29) is 17.0 Å². The Morgan fingerprint density at radius 1 is 1.19 bits per heavy atom. The topological polar surface area (TPSA) is 90.5 Å². The molecule has 2 fully saturated rings. The van der Waals surface area contributed by atoms with E-state index in [1.54, 1.807) is 12.1 Å². The molecule has 0 amide bonds. The number of aryl methyl sites for hydroxylation is 1. The van der Waals surface area contributed by atoms with Gasteiger partial charge in [0.25, 0.3) is 0 Å². The lowest BCUT2D eigenvalue weighted by molar-refractivity contribution is 0.142. The third-order valence-corrected chi connectivity index (χ3v) is 6.47. The van der Waals surface area contributed by atoms with Crippen LogP contribution in [0.25, 0.3) is 0 Å². The Morgan fingerprint density at radius 3 is 2.69 bits per heavy atom. The monoisotopic (exact) mass is 361 g/mol. The minimum absolute atomic E-state index is 0.0479. The second kappa shape index (κ2) is 8.59. The molecule has 2 aliphatic carbocycles. The Kier molecular flexibility index (Phi) is 6.43. The molecule has 0 radical (unpaired) electrons. The Balaban J connectivity index is 1.57. The zero-order valence-electron chi connectivity index (χ0n) is 16.0. The molecule has 0 bridgehead atoms. The standard InChI is InChI=1S/C21H35N3O2/c1-23-18-7-10-21(22,9-6-15-4-5-19(25)20(26)12-15)17(13-18)8-11-24-14-16-2-3-16/h4-5,12,16-18,23-26H,2-3,6-11,13-14,22H2,1H3. The molecule has 5 heteroatoms. The number of benzene rings is 1. The second-order valence-electron chi connectivity index (χ2n) is 8.45. The predicted molar refractivity (Wildman–Crippen MR) is 105 cm³/mol. The first-order valence-electron chi connectivity index (χ1n) is 10.2. The van der Waals surface area contributed by atoms with Gasteiger partial charge in [0.1, 0.15) is 0 Å². The SMILES string of the molecule is CNC1CCC(N)(CCc2ccc(O)c(O)c2)C(CCNCC2CC2)C1. The molecule has 0 aliphatic heterocycles. The fraction of sp³-hybridized carbons (Fsp3) is 0.714. The third kappa shape index (κ3) is 5.12. The highest BCUT2D eigenvalue weighted by molar-refractivity contribution is 5.40. The van der Waals surface area contributed by atoms with Gasteiger partial charge in [0.05, 0.1) is 0 Å². The highest BCUT2D eigenvalue weighted by Gasteiger charge is 2.39. The van der Waals surface area contributed by atoms with Gasteiger partial charge >= 0.3 is 0 Å². The van der Waals surface area contributed by atoms with Crippen LogP contribution >= 0.6 is 0 Å². The molecular formula is C21H35N3O2. The molecule has 3 atom stereocenters. The van der Waals surface area contributed by atoms with Crippen molar-refractivity contribution in [1.29, 1.82) is 0 Å². The average Bonchev–Trinajstić information content (AvgIpc) is 3.45. The van der Waals surface area contributed by atoms with E-state index in [1.165, 1.54) is 12.8 Å². The molecule has 2 saturated carbocycles. The van der Waals surface area contributed by atoms with E-state index in [9.17, 15) is 10.2 Å². The highest BCUT2D eigenvalue weighted by atomic mass is 16.3.